The molecule has 1 aliphatic carbocycles. The van der Waals surface area contributed by atoms with E-state index in [0.29, 0.717) is 0 Å². The number of pyridine rings is 1. The van der Waals surface area contributed by atoms with Crippen molar-refractivity contribution in [2.75, 3.05) is 23.3 Å². The van der Waals surface area contributed by atoms with E-state index in [1.54, 1.807) is 6.20 Å². The summed E-state index contributed by atoms with van der Waals surface area (Å²) in [5, 5.41) is 3.02. The van der Waals surface area contributed by atoms with Crippen LogP contribution in [-0.4, -0.2) is 24.0 Å². The zero-order valence-corrected chi connectivity index (χ0v) is 12.2. The third kappa shape index (κ3) is 2.65. The van der Waals surface area contributed by atoms with Gasteiger partial charge in [0.05, 0.1) is 11.9 Å². The van der Waals surface area contributed by atoms with Gasteiger partial charge in [0, 0.05) is 18.5 Å². The summed E-state index contributed by atoms with van der Waals surface area (Å²) in [5.41, 5.74) is 0.624. The summed E-state index contributed by atoms with van der Waals surface area (Å²) in [7, 11) is 0. The Morgan fingerprint density at radius 3 is 2.50 bits per heavy atom. The molecule has 2 aliphatic rings. The smallest absolute Gasteiger partial charge is 0.230 e. The first-order chi connectivity index (χ1) is 9.67. The molecule has 0 bridgehead atoms. The summed E-state index contributed by atoms with van der Waals surface area (Å²) in [6.45, 7) is 4.26. The molecular formula is C16H23N3O. The number of carbonyl (C=O) groups is 1. The van der Waals surface area contributed by atoms with E-state index in [1.165, 1.54) is 12.8 Å². The second kappa shape index (κ2) is 5.43. The molecule has 1 aromatic heterocycles. The second-order valence-corrected chi connectivity index (χ2v) is 6.32. The van der Waals surface area contributed by atoms with Crippen LogP contribution >= 0.6 is 0 Å². The summed E-state index contributed by atoms with van der Waals surface area (Å²) >= 11 is 0. The maximum Gasteiger partial charge on any atom is 0.230 e. The molecule has 108 valence electrons. The van der Waals surface area contributed by atoms with Gasteiger partial charge in [0.25, 0.3) is 0 Å². The Labute approximate surface area is 120 Å². The third-order valence-electron chi connectivity index (χ3n) is 4.69. The fraction of sp³-hybridized carbons (Fsp3) is 0.625. The van der Waals surface area contributed by atoms with Crippen molar-refractivity contribution in [1.29, 1.82) is 0 Å². The topological polar surface area (TPSA) is 45.2 Å². The predicted octanol–water partition coefficient (Wildman–Crippen LogP) is 3.20. The molecule has 20 heavy (non-hydrogen) atoms. The quantitative estimate of drug-likeness (QED) is 0.920. The Morgan fingerprint density at radius 2 is 1.90 bits per heavy atom. The fourth-order valence-corrected chi connectivity index (χ4v) is 3.26. The highest BCUT2D eigenvalue weighted by Crippen LogP contribution is 2.38. The summed E-state index contributed by atoms with van der Waals surface area (Å²) in [6.07, 6.45) is 8.60. The van der Waals surface area contributed by atoms with Crippen LogP contribution in [0.2, 0.25) is 0 Å². The van der Waals surface area contributed by atoms with Gasteiger partial charge in [0.2, 0.25) is 5.91 Å². The van der Waals surface area contributed by atoms with Crippen LogP contribution in [0.4, 0.5) is 11.5 Å². The molecular weight excluding hydrogens is 250 g/mol. The summed E-state index contributed by atoms with van der Waals surface area (Å²) in [6, 6.07) is 3.98. The number of hydrogen-bond donors (Lipinski definition) is 1. The number of nitrogens with zero attached hydrogens (tertiary/aromatic N) is 2. The average molecular weight is 273 g/mol. The number of hydrogen-bond acceptors (Lipinski definition) is 3. The van der Waals surface area contributed by atoms with E-state index < -0.39 is 0 Å². The molecule has 1 N–H and O–H groups in total. The number of anilines is 2. The van der Waals surface area contributed by atoms with Crippen LogP contribution in [0.1, 0.15) is 45.4 Å². The normalized spacial score (nSPS) is 21.1. The number of aromatic nitrogens is 1. The van der Waals surface area contributed by atoms with Crippen LogP contribution in [0.15, 0.2) is 18.3 Å². The maximum atomic E-state index is 12.3. The largest absolute Gasteiger partial charge is 0.357 e. The van der Waals surface area contributed by atoms with Crippen molar-refractivity contribution in [2.24, 2.45) is 5.41 Å². The lowest BCUT2D eigenvalue weighted by Gasteiger charge is -2.22. The first-order valence-corrected chi connectivity index (χ1v) is 7.70. The zero-order chi connectivity index (χ0) is 14.0. The Bertz CT molecular complexity index is 471. The predicted molar refractivity (Wildman–Crippen MR) is 80.9 cm³/mol. The van der Waals surface area contributed by atoms with E-state index in [2.05, 4.69) is 22.1 Å². The summed E-state index contributed by atoms with van der Waals surface area (Å²) in [5.74, 6) is 1.17. The number of rotatable bonds is 3. The van der Waals surface area contributed by atoms with E-state index in [9.17, 15) is 4.79 Å². The molecule has 0 aromatic carbocycles. The van der Waals surface area contributed by atoms with E-state index in [0.717, 1.165) is 50.3 Å². The second-order valence-electron chi connectivity index (χ2n) is 6.32. The molecule has 3 rings (SSSR count). The van der Waals surface area contributed by atoms with Gasteiger partial charge in [-0.05, 0) is 37.8 Å². The van der Waals surface area contributed by atoms with E-state index in [1.807, 2.05) is 12.1 Å². The first-order valence-electron chi connectivity index (χ1n) is 7.70. The summed E-state index contributed by atoms with van der Waals surface area (Å²) < 4.78 is 0. The minimum Gasteiger partial charge on any atom is -0.357 e. The number of amides is 1. The lowest BCUT2D eigenvalue weighted by atomic mass is 9.88. The molecule has 0 unspecified atom stereocenters. The van der Waals surface area contributed by atoms with Crippen LogP contribution in [-0.2, 0) is 4.79 Å². The molecule has 1 saturated carbocycles. The Hall–Kier alpha value is -1.58. The van der Waals surface area contributed by atoms with Crippen molar-refractivity contribution >= 4 is 17.4 Å². The zero-order valence-electron chi connectivity index (χ0n) is 12.2. The highest BCUT2D eigenvalue weighted by atomic mass is 16.2. The van der Waals surface area contributed by atoms with Crippen molar-refractivity contribution in [3.8, 4) is 0 Å². The van der Waals surface area contributed by atoms with Crippen molar-refractivity contribution in [3.05, 3.63) is 18.3 Å². The Balaban J connectivity index is 1.64. The molecule has 0 atom stereocenters. The fourth-order valence-electron chi connectivity index (χ4n) is 3.26. The van der Waals surface area contributed by atoms with Crippen LogP contribution in [0.25, 0.3) is 0 Å². The van der Waals surface area contributed by atoms with Crippen molar-refractivity contribution in [1.82, 2.24) is 4.98 Å². The van der Waals surface area contributed by atoms with Crippen LogP contribution in [0.3, 0.4) is 0 Å². The molecule has 1 aromatic rings. The van der Waals surface area contributed by atoms with Crippen LogP contribution in [0, 0.1) is 5.41 Å². The van der Waals surface area contributed by atoms with Gasteiger partial charge in [0.15, 0.2) is 0 Å². The van der Waals surface area contributed by atoms with Gasteiger partial charge in [-0.25, -0.2) is 4.98 Å². The van der Waals surface area contributed by atoms with E-state index >= 15 is 0 Å². The first kappa shape index (κ1) is 13.4. The van der Waals surface area contributed by atoms with Gasteiger partial charge < -0.3 is 10.2 Å². The van der Waals surface area contributed by atoms with Gasteiger partial charge in [0.1, 0.15) is 5.82 Å². The van der Waals surface area contributed by atoms with E-state index in [4.69, 9.17) is 0 Å². The molecule has 0 spiro atoms. The van der Waals surface area contributed by atoms with Gasteiger partial charge >= 0.3 is 0 Å². The highest BCUT2D eigenvalue weighted by molar-refractivity contribution is 5.95. The Morgan fingerprint density at radius 1 is 1.20 bits per heavy atom. The van der Waals surface area contributed by atoms with Gasteiger partial charge in [-0.3, -0.25) is 4.79 Å². The molecule has 1 saturated heterocycles. The molecule has 2 heterocycles. The SMILES string of the molecule is CC1(C(=O)Nc2ccc(N3CCCC3)nc2)CCCC1. The van der Waals surface area contributed by atoms with Gasteiger partial charge in [-0.15, -0.1) is 0 Å². The minimum absolute atomic E-state index is 0.144. The maximum absolute atomic E-state index is 12.3. The van der Waals surface area contributed by atoms with Crippen molar-refractivity contribution in [3.63, 3.8) is 0 Å². The average Bonchev–Trinajstić information content (AvgIpc) is 3.11. The number of carbonyl (C=O) groups excluding carboxylic acids is 1. The third-order valence-corrected chi connectivity index (χ3v) is 4.69. The van der Waals surface area contributed by atoms with Crippen LogP contribution in [0.5, 0.6) is 0 Å². The number of nitrogens with one attached hydrogen (secondary N) is 1. The molecule has 2 fully saturated rings. The molecule has 4 heteroatoms. The Kier molecular flexibility index (Phi) is 3.64. The lowest BCUT2D eigenvalue weighted by molar-refractivity contribution is -0.124. The van der Waals surface area contributed by atoms with Crippen molar-refractivity contribution < 1.29 is 4.79 Å². The lowest BCUT2D eigenvalue weighted by Crippen LogP contribution is -2.30. The van der Waals surface area contributed by atoms with Gasteiger partial charge in [-0.1, -0.05) is 19.8 Å². The molecule has 0 radical (unpaired) electrons. The minimum atomic E-state index is -0.187. The van der Waals surface area contributed by atoms with Crippen LogP contribution < -0.4 is 10.2 Å². The molecule has 4 nitrogen and oxygen atoms in total. The molecule has 1 aliphatic heterocycles. The summed E-state index contributed by atoms with van der Waals surface area (Å²) in [4.78, 5) is 19.1. The highest BCUT2D eigenvalue weighted by Gasteiger charge is 2.36. The van der Waals surface area contributed by atoms with E-state index in [-0.39, 0.29) is 11.3 Å². The monoisotopic (exact) mass is 273 g/mol. The standard InChI is InChI=1S/C16H23N3O/c1-16(8-2-3-9-16)15(20)18-13-6-7-14(17-12-13)19-10-4-5-11-19/h6-7,12H,2-5,8-11H2,1H3,(H,18,20). The van der Waals surface area contributed by atoms with Crippen molar-refractivity contribution in [2.45, 2.75) is 45.4 Å². The molecule has 1 amide bonds. The van der Waals surface area contributed by atoms with Gasteiger partial charge in [-0.2, -0.15) is 0 Å².